The first-order valence-corrected chi connectivity index (χ1v) is 3.56. The summed E-state index contributed by atoms with van der Waals surface area (Å²) in [5.74, 6) is -0.0499. The van der Waals surface area contributed by atoms with E-state index in [0.717, 1.165) is 0 Å². The molecule has 0 aromatic carbocycles. The maximum absolute atomic E-state index is 11.2. The van der Waals surface area contributed by atoms with Crippen LogP contribution in [0.4, 0.5) is 5.69 Å². The van der Waals surface area contributed by atoms with Crippen molar-refractivity contribution in [2.75, 3.05) is 0 Å². The topological polar surface area (TPSA) is 62.3 Å². The predicted octanol–water partition coefficient (Wildman–Crippen LogP) is 0.664. The highest BCUT2D eigenvalue weighted by Gasteiger charge is 2.13. The molecule has 0 radical (unpaired) electrons. The van der Waals surface area contributed by atoms with Gasteiger partial charge in [-0.25, -0.2) is 0 Å². The Labute approximate surface area is 68.0 Å². The smallest absolute Gasteiger partial charge is 0.248 e. The number of Topliss-reactive ketones (excluding diaryl/α,β-unsaturated/α-hetero) is 1. The number of H-pyrrole nitrogens is 1. The van der Waals surface area contributed by atoms with E-state index in [2.05, 4.69) is 9.98 Å². The highest BCUT2D eigenvalue weighted by Crippen LogP contribution is 2.20. The highest BCUT2D eigenvalue weighted by atomic mass is 16.1. The molecule has 1 N–H and O–H groups in total. The molecule has 0 bridgehead atoms. The van der Waals surface area contributed by atoms with Gasteiger partial charge < -0.3 is 4.98 Å². The van der Waals surface area contributed by atoms with Crippen molar-refractivity contribution in [3.05, 3.63) is 28.2 Å². The van der Waals surface area contributed by atoms with Gasteiger partial charge in [-0.3, -0.25) is 14.6 Å². The number of hydrogen-bond donors (Lipinski definition) is 1. The maximum Gasteiger partial charge on any atom is 0.248 e. The standard InChI is InChI=1S/C8H6N2O2/c11-7-1-2-9-6-4-10-8(12)3-5(6)7/h2-4H,1H2,(H,10,12). The number of aromatic amines is 1. The van der Waals surface area contributed by atoms with Crippen molar-refractivity contribution < 1.29 is 4.79 Å². The number of carbonyl (C=O) groups is 1. The van der Waals surface area contributed by atoms with Gasteiger partial charge in [0, 0.05) is 24.9 Å². The summed E-state index contributed by atoms with van der Waals surface area (Å²) in [6.07, 6.45) is 3.28. The second kappa shape index (κ2) is 2.41. The van der Waals surface area contributed by atoms with E-state index in [4.69, 9.17) is 0 Å². The van der Waals surface area contributed by atoms with Crippen LogP contribution in [0.3, 0.4) is 0 Å². The zero-order chi connectivity index (χ0) is 8.55. The number of nitrogens with one attached hydrogen (secondary N) is 1. The molecule has 0 saturated carbocycles. The zero-order valence-electron chi connectivity index (χ0n) is 6.20. The van der Waals surface area contributed by atoms with E-state index in [-0.39, 0.29) is 17.8 Å². The number of aromatic nitrogens is 1. The van der Waals surface area contributed by atoms with Gasteiger partial charge in [0.05, 0.1) is 11.3 Å². The molecular formula is C8H6N2O2. The molecule has 60 valence electrons. The number of aliphatic imine (C=N–C) groups is 1. The highest BCUT2D eigenvalue weighted by molar-refractivity contribution is 6.09. The van der Waals surface area contributed by atoms with Crippen LogP contribution in [-0.4, -0.2) is 17.0 Å². The fourth-order valence-electron chi connectivity index (χ4n) is 1.13. The lowest BCUT2D eigenvalue weighted by molar-refractivity contribution is 0.100. The molecule has 4 nitrogen and oxygen atoms in total. The van der Waals surface area contributed by atoms with Gasteiger partial charge in [0.1, 0.15) is 0 Å². The number of pyridine rings is 1. The van der Waals surface area contributed by atoms with Gasteiger partial charge in [-0.15, -0.1) is 0 Å². The van der Waals surface area contributed by atoms with Crippen molar-refractivity contribution in [1.82, 2.24) is 4.98 Å². The lowest BCUT2D eigenvalue weighted by Gasteiger charge is -2.05. The molecule has 12 heavy (non-hydrogen) atoms. The van der Waals surface area contributed by atoms with E-state index >= 15 is 0 Å². The third-order valence-corrected chi connectivity index (χ3v) is 1.71. The lowest BCUT2D eigenvalue weighted by Crippen LogP contribution is -2.11. The fourth-order valence-corrected chi connectivity index (χ4v) is 1.13. The van der Waals surface area contributed by atoms with E-state index in [1.165, 1.54) is 12.3 Å². The first kappa shape index (κ1) is 6.97. The Morgan fingerprint density at radius 1 is 1.42 bits per heavy atom. The first-order valence-electron chi connectivity index (χ1n) is 3.56. The average molecular weight is 162 g/mol. The Bertz CT molecular complexity index is 417. The molecule has 1 aromatic heterocycles. The Balaban J connectivity index is 2.71. The van der Waals surface area contributed by atoms with Crippen LogP contribution in [0.5, 0.6) is 0 Å². The summed E-state index contributed by atoms with van der Waals surface area (Å²) in [6, 6.07) is 1.29. The molecule has 0 atom stereocenters. The van der Waals surface area contributed by atoms with Crippen LogP contribution >= 0.6 is 0 Å². The minimum absolute atomic E-state index is 0.0499. The van der Waals surface area contributed by atoms with Crippen LogP contribution in [0.25, 0.3) is 0 Å². The van der Waals surface area contributed by atoms with E-state index < -0.39 is 0 Å². The maximum atomic E-state index is 11.2. The first-order chi connectivity index (χ1) is 5.77. The van der Waals surface area contributed by atoms with Crippen LogP contribution < -0.4 is 5.56 Å². The minimum atomic E-state index is -0.265. The Kier molecular flexibility index (Phi) is 1.40. The van der Waals surface area contributed by atoms with Crippen molar-refractivity contribution in [2.45, 2.75) is 6.42 Å². The van der Waals surface area contributed by atoms with Gasteiger partial charge >= 0.3 is 0 Å². The van der Waals surface area contributed by atoms with Crippen molar-refractivity contribution in [2.24, 2.45) is 4.99 Å². The number of carbonyl (C=O) groups excluding carboxylic acids is 1. The number of rotatable bonds is 0. The Morgan fingerprint density at radius 3 is 3.08 bits per heavy atom. The van der Waals surface area contributed by atoms with Crippen LogP contribution in [0.2, 0.25) is 0 Å². The van der Waals surface area contributed by atoms with E-state index in [1.54, 1.807) is 6.21 Å². The van der Waals surface area contributed by atoms with E-state index in [1.807, 2.05) is 0 Å². The summed E-state index contributed by atoms with van der Waals surface area (Å²) < 4.78 is 0. The SMILES string of the molecule is O=C1CC=Nc2c[nH]c(=O)cc21. The second-order valence-electron chi connectivity index (χ2n) is 2.54. The van der Waals surface area contributed by atoms with Crippen molar-refractivity contribution in [1.29, 1.82) is 0 Å². The van der Waals surface area contributed by atoms with Crippen molar-refractivity contribution in [3.63, 3.8) is 0 Å². The van der Waals surface area contributed by atoms with Gasteiger partial charge in [-0.05, 0) is 0 Å². The van der Waals surface area contributed by atoms with Crippen LogP contribution in [-0.2, 0) is 0 Å². The van der Waals surface area contributed by atoms with Crippen LogP contribution in [0.15, 0.2) is 22.1 Å². The average Bonchev–Trinajstić information content (AvgIpc) is 2.07. The molecule has 1 aromatic rings. The minimum Gasteiger partial charge on any atom is -0.327 e. The molecule has 0 fully saturated rings. The van der Waals surface area contributed by atoms with Gasteiger partial charge in [0.15, 0.2) is 5.78 Å². The zero-order valence-corrected chi connectivity index (χ0v) is 6.20. The van der Waals surface area contributed by atoms with Crippen LogP contribution in [0.1, 0.15) is 16.8 Å². The summed E-state index contributed by atoms with van der Waals surface area (Å²) in [6.45, 7) is 0. The largest absolute Gasteiger partial charge is 0.327 e. The summed E-state index contributed by atoms with van der Waals surface area (Å²) in [5.41, 5.74) is 0.700. The molecular weight excluding hydrogens is 156 g/mol. The Hall–Kier alpha value is -1.71. The number of hydrogen-bond acceptors (Lipinski definition) is 3. The summed E-state index contributed by atoms with van der Waals surface area (Å²) >= 11 is 0. The normalized spacial score (nSPS) is 14.5. The lowest BCUT2D eigenvalue weighted by atomic mass is 10.1. The van der Waals surface area contributed by atoms with Gasteiger partial charge in [-0.1, -0.05) is 0 Å². The molecule has 0 saturated heterocycles. The number of fused-ring (bicyclic) bond motifs is 1. The quantitative estimate of drug-likeness (QED) is 0.609. The predicted molar refractivity (Wildman–Crippen MR) is 44.2 cm³/mol. The van der Waals surface area contributed by atoms with Crippen LogP contribution in [0, 0.1) is 0 Å². The third kappa shape index (κ3) is 0.972. The molecule has 2 rings (SSSR count). The second-order valence-corrected chi connectivity index (χ2v) is 2.54. The fraction of sp³-hybridized carbons (Fsp3) is 0.125. The summed E-state index contributed by atoms with van der Waals surface area (Å²) in [5, 5.41) is 0. The molecule has 0 aliphatic carbocycles. The van der Waals surface area contributed by atoms with E-state index in [9.17, 15) is 9.59 Å². The molecule has 0 amide bonds. The van der Waals surface area contributed by atoms with Gasteiger partial charge in [-0.2, -0.15) is 0 Å². The molecule has 2 heterocycles. The monoisotopic (exact) mass is 162 g/mol. The van der Waals surface area contributed by atoms with Crippen molar-refractivity contribution >= 4 is 17.7 Å². The van der Waals surface area contributed by atoms with Gasteiger partial charge in [0.2, 0.25) is 5.56 Å². The van der Waals surface area contributed by atoms with Crippen molar-refractivity contribution in [3.8, 4) is 0 Å². The summed E-state index contributed by atoms with van der Waals surface area (Å²) in [7, 11) is 0. The summed E-state index contributed by atoms with van der Waals surface area (Å²) in [4.78, 5) is 28.4. The molecule has 0 unspecified atom stereocenters. The van der Waals surface area contributed by atoms with Gasteiger partial charge in [0.25, 0.3) is 0 Å². The molecule has 1 aliphatic heterocycles. The third-order valence-electron chi connectivity index (χ3n) is 1.71. The Morgan fingerprint density at radius 2 is 2.25 bits per heavy atom. The molecule has 4 heteroatoms. The van der Waals surface area contributed by atoms with E-state index in [0.29, 0.717) is 11.3 Å². The number of nitrogens with zero attached hydrogens (tertiary/aromatic N) is 1. The molecule has 0 spiro atoms. The molecule has 1 aliphatic rings. The number of ketones is 1.